The van der Waals surface area contributed by atoms with Gasteiger partial charge in [-0.1, -0.05) is 12.1 Å². The Morgan fingerprint density at radius 2 is 1.85 bits per heavy atom. The number of alkyl halides is 3. The van der Waals surface area contributed by atoms with Crippen LogP contribution in [0.2, 0.25) is 0 Å². The Morgan fingerprint density at radius 1 is 1.15 bits per heavy atom. The predicted molar refractivity (Wildman–Crippen MR) is 164 cm³/mol. The zero-order valence-corrected chi connectivity index (χ0v) is 26.4. The topological polar surface area (TPSA) is 141 Å². The molecule has 46 heavy (non-hydrogen) atoms. The maximum atomic E-state index is 13.6. The summed E-state index contributed by atoms with van der Waals surface area (Å²) in [7, 11) is 7.10. The molecule has 2 amide bonds. The minimum atomic E-state index is -4.68. The number of nitrogens with zero attached hydrogens (tertiary/aromatic N) is 6. The normalized spacial score (nSPS) is 15.7. The molecule has 4 rings (SSSR count). The van der Waals surface area contributed by atoms with Gasteiger partial charge in [-0.05, 0) is 61.4 Å². The highest BCUT2D eigenvalue weighted by molar-refractivity contribution is 6.10. The molecular weight excluding hydrogens is 601 g/mol. The number of primary amides is 1. The molecule has 0 radical (unpaired) electrons. The lowest BCUT2D eigenvalue weighted by Crippen LogP contribution is -2.55. The number of guanidine groups is 1. The van der Waals surface area contributed by atoms with E-state index in [1.807, 2.05) is 38.8 Å². The number of likely N-dealkylation sites (N-methyl/N-ethyl adjacent to an activating group) is 1. The summed E-state index contributed by atoms with van der Waals surface area (Å²) in [5.74, 6) is -1.42. The summed E-state index contributed by atoms with van der Waals surface area (Å²) >= 11 is 0. The monoisotopic (exact) mass is 637 g/mol. The average molecular weight is 638 g/mol. The van der Waals surface area contributed by atoms with Crippen LogP contribution in [0.15, 0.2) is 59.8 Å². The predicted octanol–water partition coefficient (Wildman–Crippen LogP) is 4.76. The Labute approximate surface area is 265 Å². The first-order valence-corrected chi connectivity index (χ1v) is 14.3. The highest BCUT2D eigenvalue weighted by Crippen LogP contribution is 2.42. The number of methoxy groups -OCH3 is 1. The zero-order valence-electron chi connectivity index (χ0n) is 26.4. The van der Waals surface area contributed by atoms with Crippen molar-refractivity contribution in [3.05, 3.63) is 93.4 Å². The van der Waals surface area contributed by atoms with Crippen LogP contribution in [0.4, 0.5) is 23.7 Å². The number of aryl methyl sites for hydroxylation is 2. The van der Waals surface area contributed by atoms with Gasteiger partial charge in [-0.2, -0.15) is 23.5 Å². The fraction of sp³-hybridized carbons (Fsp3) is 0.344. The molecule has 242 valence electrons. The molecule has 0 saturated carbocycles. The van der Waals surface area contributed by atoms with E-state index in [4.69, 9.17) is 15.9 Å². The zero-order chi connectivity index (χ0) is 34.1. The number of halogens is 3. The number of aromatic nitrogens is 2. The first kappa shape index (κ1) is 33.7. The summed E-state index contributed by atoms with van der Waals surface area (Å²) in [6.07, 6.45) is -4.28. The van der Waals surface area contributed by atoms with Crippen molar-refractivity contribution in [1.82, 2.24) is 14.7 Å². The van der Waals surface area contributed by atoms with Crippen molar-refractivity contribution >= 4 is 23.6 Å². The largest absolute Gasteiger partial charge is 0.466 e. The van der Waals surface area contributed by atoms with Crippen LogP contribution in [0, 0.1) is 23.7 Å². The number of carbonyl (C=O) groups is 2. The quantitative estimate of drug-likeness (QED) is 0.270. The van der Waals surface area contributed by atoms with Crippen LogP contribution in [0.3, 0.4) is 0 Å². The van der Waals surface area contributed by atoms with Gasteiger partial charge in [0.1, 0.15) is 12.6 Å². The third-order valence-electron chi connectivity index (χ3n) is 8.01. The first-order valence-electron chi connectivity index (χ1n) is 14.3. The van der Waals surface area contributed by atoms with Crippen molar-refractivity contribution in [2.75, 3.05) is 32.6 Å². The van der Waals surface area contributed by atoms with Crippen molar-refractivity contribution < 1.29 is 32.0 Å². The smallest absolute Gasteiger partial charge is 0.416 e. The molecule has 0 saturated heterocycles. The fourth-order valence-electron chi connectivity index (χ4n) is 5.78. The summed E-state index contributed by atoms with van der Waals surface area (Å²) < 4.78 is 48.3. The molecule has 0 fully saturated rings. The summed E-state index contributed by atoms with van der Waals surface area (Å²) in [6, 6.07) is 10.7. The van der Waals surface area contributed by atoms with E-state index in [1.54, 1.807) is 12.1 Å². The number of hydrogen-bond donors (Lipinski definition) is 2. The molecule has 14 heteroatoms. The fourth-order valence-corrected chi connectivity index (χ4v) is 5.78. The number of urea groups is 1. The molecule has 2 aromatic carbocycles. The number of anilines is 1. The second kappa shape index (κ2) is 12.7. The van der Waals surface area contributed by atoms with Gasteiger partial charge in [0.05, 0.1) is 61.9 Å². The lowest BCUT2D eigenvalue weighted by Gasteiger charge is -2.43. The van der Waals surface area contributed by atoms with E-state index < -0.39 is 35.7 Å². The molecule has 0 aliphatic carbocycles. The second-order valence-corrected chi connectivity index (χ2v) is 11.8. The van der Waals surface area contributed by atoms with Crippen molar-refractivity contribution in [2.45, 2.75) is 39.0 Å². The third-order valence-corrected chi connectivity index (χ3v) is 8.01. The van der Waals surface area contributed by atoms with Gasteiger partial charge in [0, 0.05) is 24.9 Å². The van der Waals surface area contributed by atoms with E-state index in [9.17, 15) is 28.0 Å². The second-order valence-electron chi connectivity index (χ2n) is 11.8. The first-order chi connectivity index (χ1) is 21.5. The molecule has 0 spiro atoms. The highest BCUT2D eigenvalue weighted by atomic mass is 19.4. The molecular formula is C32H36F3N8O3+. The molecule has 1 aromatic heterocycles. The Balaban J connectivity index is 1.86. The number of nitrogens with one attached hydrogen (secondary N) is 1. The standard InChI is InChI=1S/C32H35F3N8O3/c1-19-14-25(40(3)39-19)18-43(4,5)13-12-22-15-21(17-36)10-11-26(22)28-27(29(44)46-6)20(2)41(30(37)42(28)31(38)45)24-9-7-8-23(16-24)32(33,34)35/h7-11,14-16,28,37H,12-13,18H2,1-6H3,(H-,38,45)/p+1/t28-/m1/s1. The molecule has 0 bridgehead atoms. The van der Waals surface area contributed by atoms with Gasteiger partial charge in [-0.3, -0.25) is 19.9 Å². The Bertz CT molecular complexity index is 1770. The van der Waals surface area contributed by atoms with E-state index in [0.717, 1.165) is 40.4 Å². The van der Waals surface area contributed by atoms with Crippen molar-refractivity contribution in [3.63, 3.8) is 0 Å². The van der Waals surface area contributed by atoms with Gasteiger partial charge >= 0.3 is 18.2 Å². The van der Waals surface area contributed by atoms with E-state index in [2.05, 4.69) is 11.2 Å². The highest BCUT2D eigenvalue weighted by Gasteiger charge is 2.44. The van der Waals surface area contributed by atoms with Crippen LogP contribution in [0.1, 0.15) is 46.6 Å². The van der Waals surface area contributed by atoms with Gasteiger partial charge in [0.15, 0.2) is 0 Å². The molecule has 2 heterocycles. The van der Waals surface area contributed by atoms with E-state index in [0.29, 0.717) is 40.7 Å². The van der Waals surface area contributed by atoms with Crippen LogP contribution in [0.5, 0.6) is 0 Å². The molecule has 1 atom stereocenters. The third kappa shape index (κ3) is 6.74. The van der Waals surface area contributed by atoms with Gasteiger partial charge in [-0.25, -0.2) is 9.59 Å². The van der Waals surface area contributed by atoms with Gasteiger partial charge in [0.2, 0.25) is 5.96 Å². The Hall–Kier alpha value is -5.16. The maximum absolute atomic E-state index is 13.6. The molecule has 1 aliphatic rings. The maximum Gasteiger partial charge on any atom is 0.416 e. The minimum Gasteiger partial charge on any atom is -0.466 e. The Morgan fingerprint density at radius 3 is 2.41 bits per heavy atom. The van der Waals surface area contributed by atoms with Crippen LogP contribution in [-0.2, 0) is 35.7 Å². The number of hydrogen-bond acceptors (Lipinski definition) is 6. The Kier molecular flexibility index (Phi) is 9.30. The van der Waals surface area contributed by atoms with Crippen LogP contribution < -0.4 is 10.6 Å². The lowest BCUT2D eigenvalue weighted by atomic mass is 9.87. The van der Waals surface area contributed by atoms with Crippen molar-refractivity contribution in [1.29, 1.82) is 10.7 Å². The molecule has 0 unspecified atom stereocenters. The number of rotatable bonds is 8. The number of esters is 1. The lowest BCUT2D eigenvalue weighted by molar-refractivity contribution is -0.903. The van der Waals surface area contributed by atoms with Crippen molar-refractivity contribution in [3.8, 4) is 6.07 Å². The van der Waals surface area contributed by atoms with E-state index in [-0.39, 0.29) is 17.0 Å². The van der Waals surface area contributed by atoms with Crippen LogP contribution >= 0.6 is 0 Å². The summed E-state index contributed by atoms with van der Waals surface area (Å²) in [4.78, 5) is 28.4. The number of nitriles is 1. The van der Waals surface area contributed by atoms with E-state index in [1.165, 1.54) is 25.1 Å². The van der Waals surface area contributed by atoms with Crippen molar-refractivity contribution in [2.24, 2.45) is 12.8 Å². The summed E-state index contributed by atoms with van der Waals surface area (Å²) in [5, 5.41) is 23.1. The summed E-state index contributed by atoms with van der Waals surface area (Å²) in [6.45, 7) is 4.59. The van der Waals surface area contributed by atoms with E-state index >= 15 is 0 Å². The molecule has 3 aromatic rings. The van der Waals surface area contributed by atoms with Gasteiger partial charge in [-0.15, -0.1) is 0 Å². The number of ether oxygens (including phenoxy) is 1. The SMILES string of the molecule is COC(=O)C1=C(C)N(c2cccc(C(F)(F)F)c2)C(=N)N(C(N)=O)[C@@H]1c1ccc(C#N)cc1CC[N+](C)(C)Cc1cc(C)nn1C. The number of allylic oxidation sites excluding steroid dienone is 1. The van der Waals surface area contributed by atoms with Gasteiger partial charge < -0.3 is 15.0 Å². The van der Waals surface area contributed by atoms with Crippen LogP contribution in [0.25, 0.3) is 0 Å². The minimum absolute atomic E-state index is 0.0803. The number of amides is 2. The molecule has 1 aliphatic heterocycles. The number of quaternary nitrogens is 1. The number of carbonyl (C=O) groups excluding carboxylic acids is 2. The summed E-state index contributed by atoms with van der Waals surface area (Å²) in [5.41, 5.74) is 8.03. The molecule has 3 N–H and O–H groups in total. The number of nitrogens with two attached hydrogens (primary N) is 1. The average Bonchev–Trinajstić information content (AvgIpc) is 3.29. The van der Waals surface area contributed by atoms with Crippen LogP contribution in [-0.4, -0.2) is 64.9 Å². The number of benzene rings is 2. The molecule has 11 nitrogen and oxygen atoms in total. The van der Waals surface area contributed by atoms with Gasteiger partial charge in [0.25, 0.3) is 0 Å².